The first-order chi connectivity index (χ1) is 9.86. The summed E-state index contributed by atoms with van der Waals surface area (Å²) in [4.78, 5) is 0. The van der Waals surface area contributed by atoms with Gasteiger partial charge in [0.05, 0.1) is 0 Å². The summed E-state index contributed by atoms with van der Waals surface area (Å²) in [5, 5.41) is 12.8. The van der Waals surface area contributed by atoms with E-state index in [0.717, 1.165) is 6.54 Å². The van der Waals surface area contributed by atoms with Crippen molar-refractivity contribution in [2.75, 3.05) is 0 Å². The summed E-state index contributed by atoms with van der Waals surface area (Å²) in [6.07, 6.45) is 0. The summed E-state index contributed by atoms with van der Waals surface area (Å²) < 4.78 is 0. The predicted octanol–water partition coefficient (Wildman–Crippen LogP) is 4.54. The maximum atomic E-state index is 9.28. The number of rotatable bonds is 4. The second-order valence-corrected chi connectivity index (χ2v) is 6.64. The minimum atomic E-state index is 0.196. The van der Waals surface area contributed by atoms with Gasteiger partial charge in [-0.1, -0.05) is 57.2 Å². The number of phenolic OH excluding ortho intramolecular Hbond substituents is 1. The van der Waals surface area contributed by atoms with Crippen molar-refractivity contribution < 1.29 is 5.11 Å². The quantitative estimate of drug-likeness (QED) is 0.863. The molecule has 0 spiro atoms. The monoisotopic (exact) mass is 283 g/mol. The fourth-order valence-corrected chi connectivity index (χ4v) is 2.27. The lowest BCUT2D eigenvalue weighted by atomic mass is 9.86. The molecule has 112 valence electrons. The molecule has 0 heterocycles. The molecule has 1 unspecified atom stereocenters. The number of aromatic hydroxyl groups is 1. The molecule has 0 radical (unpaired) electrons. The fourth-order valence-electron chi connectivity index (χ4n) is 2.27. The zero-order valence-corrected chi connectivity index (χ0v) is 13.4. The first-order valence-corrected chi connectivity index (χ1v) is 7.48. The SMILES string of the molecule is CC(NCc1ccc(O)cc1)c1ccc(C(C)(C)C)cc1. The molecule has 2 N–H and O–H groups in total. The van der Waals surface area contributed by atoms with Gasteiger partial charge in [0.25, 0.3) is 0 Å². The van der Waals surface area contributed by atoms with E-state index in [1.54, 1.807) is 12.1 Å². The van der Waals surface area contributed by atoms with E-state index in [4.69, 9.17) is 0 Å². The predicted molar refractivity (Wildman–Crippen MR) is 88.5 cm³/mol. The summed E-state index contributed by atoms with van der Waals surface area (Å²) >= 11 is 0. The largest absolute Gasteiger partial charge is 0.508 e. The van der Waals surface area contributed by atoms with E-state index in [1.165, 1.54) is 16.7 Å². The Labute approximate surface area is 127 Å². The topological polar surface area (TPSA) is 32.3 Å². The molecule has 0 aliphatic carbocycles. The second-order valence-electron chi connectivity index (χ2n) is 6.64. The van der Waals surface area contributed by atoms with Gasteiger partial charge >= 0.3 is 0 Å². The van der Waals surface area contributed by atoms with E-state index in [2.05, 4.69) is 57.3 Å². The smallest absolute Gasteiger partial charge is 0.115 e. The van der Waals surface area contributed by atoms with Crippen LogP contribution in [0, 0.1) is 0 Å². The third-order valence-corrected chi connectivity index (χ3v) is 3.83. The zero-order valence-electron chi connectivity index (χ0n) is 13.4. The molecule has 0 aliphatic heterocycles. The van der Waals surface area contributed by atoms with Crippen molar-refractivity contribution in [3.8, 4) is 5.75 Å². The van der Waals surface area contributed by atoms with E-state index >= 15 is 0 Å². The van der Waals surface area contributed by atoms with Crippen molar-refractivity contribution in [2.45, 2.75) is 45.7 Å². The van der Waals surface area contributed by atoms with Gasteiger partial charge in [-0.15, -0.1) is 0 Å². The molecule has 0 bridgehead atoms. The summed E-state index contributed by atoms with van der Waals surface area (Å²) in [5.41, 5.74) is 4.02. The van der Waals surface area contributed by atoms with Gasteiger partial charge in [-0.2, -0.15) is 0 Å². The van der Waals surface area contributed by atoms with Crippen LogP contribution in [0.4, 0.5) is 0 Å². The molecule has 2 aromatic rings. The average molecular weight is 283 g/mol. The lowest BCUT2D eigenvalue weighted by molar-refractivity contribution is 0.474. The molecular formula is C19H25NO. The highest BCUT2D eigenvalue weighted by Crippen LogP contribution is 2.24. The second kappa shape index (κ2) is 6.31. The van der Waals surface area contributed by atoms with E-state index in [-0.39, 0.29) is 5.41 Å². The lowest BCUT2D eigenvalue weighted by Crippen LogP contribution is -2.18. The maximum Gasteiger partial charge on any atom is 0.115 e. The van der Waals surface area contributed by atoms with Crippen molar-refractivity contribution >= 4 is 0 Å². The van der Waals surface area contributed by atoms with Gasteiger partial charge in [0, 0.05) is 12.6 Å². The Morgan fingerprint density at radius 2 is 1.52 bits per heavy atom. The van der Waals surface area contributed by atoms with E-state index in [1.807, 2.05) is 12.1 Å². The van der Waals surface area contributed by atoms with E-state index in [0.29, 0.717) is 11.8 Å². The van der Waals surface area contributed by atoms with E-state index < -0.39 is 0 Å². The highest BCUT2D eigenvalue weighted by molar-refractivity contribution is 5.29. The van der Waals surface area contributed by atoms with Crippen molar-refractivity contribution in [3.05, 3.63) is 65.2 Å². The Kier molecular flexibility index (Phi) is 4.69. The van der Waals surface area contributed by atoms with Gasteiger partial charge in [0.2, 0.25) is 0 Å². The van der Waals surface area contributed by atoms with Crippen LogP contribution in [0.25, 0.3) is 0 Å². The van der Waals surface area contributed by atoms with Gasteiger partial charge in [0.15, 0.2) is 0 Å². The lowest BCUT2D eigenvalue weighted by Gasteiger charge is -2.20. The molecule has 2 aromatic carbocycles. The van der Waals surface area contributed by atoms with Gasteiger partial charge in [-0.3, -0.25) is 0 Å². The van der Waals surface area contributed by atoms with Gasteiger partial charge < -0.3 is 10.4 Å². The van der Waals surface area contributed by atoms with Crippen LogP contribution in [0.3, 0.4) is 0 Å². The number of benzene rings is 2. The Bertz CT molecular complexity index is 564. The van der Waals surface area contributed by atoms with Crippen molar-refractivity contribution in [3.63, 3.8) is 0 Å². The molecule has 0 aliphatic rings. The summed E-state index contributed by atoms with van der Waals surface area (Å²) in [5.74, 6) is 0.310. The van der Waals surface area contributed by atoms with Crippen LogP contribution in [0.5, 0.6) is 5.75 Å². The van der Waals surface area contributed by atoms with Crippen molar-refractivity contribution in [2.24, 2.45) is 0 Å². The molecule has 21 heavy (non-hydrogen) atoms. The maximum absolute atomic E-state index is 9.28. The Morgan fingerprint density at radius 3 is 2.05 bits per heavy atom. The molecule has 1 atom stereocenters. The number of hydrogen-bond donors (Lipinski definition) is 2. The summed E-state index contributed by atoms with van der Waals surface area (Å²) in [6.45, 7) is 9.66. The van der Waals surface area contributed by atoms with Crippen LogP contribution in [-0.2, 0) is 12.0 Å². The Hall–Kier alpha value is -1.80. The van der Waals surface area contributed by atoms with Crippen LogP contribution in [0.1, 0.15) is 50.4 Å². The van der Waals surface area contributed by atoms with Crippen molar-refractivity contribution in [1.82, 2.24) is 5.32 Å². The van der Waals surface area contributed by atoms with Crippen LogP contribution < -0.4 is 5.32 Å². The summed E-state index contributed by atoms with van der Waals surface area (Å²) in [7, 11) is 0. The molecule has 0 fully saturated rings. The minimum absolute atomic E-state index is 0.196. The third-order valence-electron chi connectivity index (χ3n) is 3.83. The molecule has 0 amide bonds. The highest BCUT2D eigenvalue weighted by atomic mass is 16.3. The van der Waals surface area contributed by atoms with Crippen LogP contribution in [0.2, 0.25) is 0 Å². The van der Waals surface area contributed by atoms with Crippen LogP contribution in [0.15, 0.2) is 48.5 Å². The fraction of sp³-hybridized carbons (Fsp3) is 0.368. The molecule has 0 saturated carbocycles. The first-order valence-electron chi connectivity index (χ1n) is 7.48. The molecule has 2 heteroatoms. The normalized spacial score (nSPS) is 13.1. The van der Waals surface area contributed by atoms with Gasteiger partial charge in [0.1, 0.15) is 5.75 Å². The minimum Gasteiger partial charge on any atom is -0.508 e. The summed E-state index contributed by atoms with van der Waals surface area (Å²) in [6, 6.07) is 16.5. The van der Waals surface area contributed by atoms with Crippen LogP contribution >= 0.6 is 0 Å². The number of phenols is 1. The number of nitrogens with one attached hydrogen (secondary N) is 1. The molecular weight excluding hydrogens is 258 g/mol. The molecule has 0 aromatic heterocycles. The van der Waals surface area contributed by atoms with E-state index in [9.17, 15) is 5.11 Å². The number of hydrogen-bond acceptors (Lipinski definition) is 2. The standard InChI is InChI=1S/C19H25NO/c1-14(20-13-15-5-11-18(21)12-6-15)16-7-9-17(10-8-16)19(2,3)4/h5-12,14,20-21H,13H2,1-4H3. The molecule has 2 nitrogen and oxygen atoms in total. The molecule has 0 saturated heterocycles. The Balaban J connectivity index is 1.97. The highest BCUT2D eigenvalue weighted by Gasteiger charge is 2.13. The third kappa shape index (κ3) is 4.33. The van der Waals surface area contributed by atoms with Crippen molar-refractivity contribution in [1.29, 1.82) is 0 Å². The Morgan fingerprint density at radius 1 is 0.952 bits per heavy atom. The van der Waals surface area contributed by atoms with Gasteiger partial charge in [-0.05, 0) is 41.2 Å². The first kappa shape index (κ1) is 15.6. The van der Waals surface area contributed by atoms with Crippen LogP contribution in [-0.4, -0.2) is 5.11 Å². The molecule has 2 rings (SSSR count). The van der Waals surface area contributed by atoms with Gasteiger partial charge in [-0.25, -0.2) is 0 Å². The zero-order chi connectivity index (χ0) is 15.5. The average Bonchev–Trinajstić information content (AvgIpc) is 2.45.